The second-order valence-corrected chi connectivity index (χ2v) is 13.4. The highest BCUT2D eigenvalue weighted by molar-refractivity contribution is 5.75. The van der Waals surface area contributed by atoms with Gasteiger partial charge in [0.2, 0.25) is 6.29 Å². The van der Waals surface area contributed by atoms with E-state index in [9.17, 15) is 25.5 Å². The van der Waals surface area contributed by atoms with Crippen LogP contribution < -0.4 is 0 Å². The maximum atomic E-state index is 11.5. The van der Waals surface area contributed by atoms with E-state index in [0.717, 1.165) is 0 Å². The molecule has 0 aromatic carbocycles. The first-order valence-electron chi connectivity index (χ1n) is 20.0. The third kappa shape index (κ3) is 22.8. The lowest BCUT2D eigenvalue weighted by Gasteiger charge is -2.41. The average Bonchev–Trinajstić information content (AvgIpc) is 3.63. The van der Waals surface area contributed by atoms with E-state index in [1.807, 2.05) is 6.92 Å². The van der Waals surface area contributed by atoms with Gasteiger partial charge in [-0.3, -0.25) is 0 Å². The minimum Gasteiger partial charge on any atom is -0.450 e. The monoisotopic (exact) mass is 871 g/mol. The van der Waals surface area contributed by atoms with E-state index in [4.69, 9.17) is 63.2 Å². The van der Waals surface area contributed by atoms with Crippen LogP contribution in [0.1, 0.15) is 33.1 Å². The van der Waals surface area contributed by atoms with Gasteiger partial charge in [-0.1, -0.05) is 6.92 Å². The van der Waals surface area contributed by atoms with Gasteiger partial charge < -0.3 is 87.3 Å². The maximum absolute atomic E-state index is 11.5. The molecule has 10 atom stereocenters. The third-order valence-corrected chi connectivity index (χ3v) is 9.09. The van der Waals surface area contributed by atoms with Gasteiger partial charge >= 0.3 is 0 Å². The number of rotatable bonds is 40. The van der Waals surface area contributed by atoms with E-state index >= 15 is 0 Å². The Morgan fingerprint density at radius 2 is 1.12 bits per heavy atom. The summed E-state index contributed by atoms with van der Waals surface area (Å²) < 4.78 is 60.7. The predicted octanol–water partition coefficient (Wildman–Crippen LogP) is 0.346. The number of hydrogen-bond acceptors (Lipinski definition) is 21. The van der Waals surface area contributed by atoms with Gasteiger partial charge in [0.05, 0.1) is 105 Å². The molecule has 0 spiro atoms. The number of fused-ring (bicyclic) bond motifs is 1. The van der Waals surface area contributed by atoms with Crippen LogP contribution in [0.2, 0.25) is 0 Å². The van der Waals surface area contributed by atoms with Crippen LogP contribution in [0.4, 0.5) is 0 Å². The molecule has 0 radical (unpaired) electrons. The van der Waals surface area contributed by atoms with Gasteiger partial charge in [0.15, 0.2) is 12.2 Å². The summed E-state index contributed by atoms with van der Waals surface area (Å²) in [5, 5.41) is 60.8. The smallest absolute Gasteiger partial charge is 0.227 e. The molecule has 0 amide bonds. The van der Waals surface area contributed by atoms with Crippen molar-refractivity contribution in [1.29, 1.82) is 0 Å². The van der Waals surface area contributed by atoms with E-state index in [0.29, 0.717) is 91.4 Å². The van der Waals surface area contributed by atoms with Crippen molar-refractivity contribution >= 4 is 5.90 Å². The molecule has 2 heterocycles. The van der Waals surface area contributed by atoms with E-state index in [2.05, 4.69) is 35.0 Å². The molecule has 10 unspecified atom stereocenters. The summed E-state index contributed by atoms with van der Waals surface area (Å²) in [4.78, 5) is 18.3. The summed E-state index contributed by atoms with van der Waals surface area (Å²) in [6.07, 6.45) is -7.92. The first-order valence-corrected chi connectivity index (χ1v) is 20.0. The van der Waals surface area contributed by atoms with Crippen LogP contribution in [0, 0.1) is 11.8 Å². The summed E-state index contributed by atoms with van der Waals surface area (Å²) in [7, 11) is 0. The van der Waals surface area contributed by atoms with E-state index in [1.54, 1.807) is 6.92 Å². The van der Waals surface area contributed by atoms with Crippen LogP contribution in [-0.2, 0) is 61.8 Å². The molecule has 1 fully saturated rings. The maximum Gasteiger partial charge on any atom is 0.227 e. The second kappa shape index (κ2) is 34.7. The molecule has 2 rings (SSSR count). The normalized spacial score (nSPS) is 22.3. The van der Waals surface area contributed by atoms with Gasteiger partial charge in [-0.25, -0.2) is 4.99 Å². The number of nitrogens with zero attached hydrogens (tertiary/aromatic N) is 7. The lowest BCUT2D eigenvalue weighted by Crippen LogP contribution is -2.60. The molecule has 0 aromatic rings. The van der Waals surface area contributed by atoms with Gasteiger partial charge in [0.1, 0.15) is 54.2 Å². The fourth-order valence-electron chi connectivity index (χ4n) is 6.03. The highest BCUT2D eigenvalue weighted by atomic mass is 16.7. The summed E-state index contributed by atoms with van der Waals surface area (Å²) >= 11 is 0. The van der Waals surface area contributed by atoms with Crippen molar-refractivity contribution in [2.24, 2.45) is 27.4 Å². The minimum absolute atomic E-state index is 0.111. The molecule has 25 heteroatoms. The molecule has 2 aliphatic heterocycles. The van der Waals surface area contributed by atoms with Crippen molar-refractivity contribution in [3.8, 4) is 0 Å². The predicted molar refractivity (Wildman–Crippen MR) is 206 cm³/mol. The number of aliphatic hydroxyl groups excluding tert-OH is 5. The van der Waals surface area contributed by atoms with Gasteiger partial charge in [0.25, 0.3) is 0 Å². The molecule has 1 saturated heterocycles. The first-order chi connectivity index (χ1) is 29.2. The molecule has 0 saturated carbocycles. The molecular weight excluding hydrogens is 806 g/mol. The standard InChI is InChI=1S/C35H65N7O18/c1-25(4-3-6-48-8-10-50-12-14-52-16-18-54-20-22-56-41-39-36)30(44)27(5-7-49-9-11-51-13-15-53-17-19-55-21-23-57-42-40-37)31(45)34(47)60-33-28(24-43)59-35-29(32(33)46)38-26(2)58-35/h25,27-35,43-47H,3-24H2,1-2H3. The minimum atomic E-state index is -1.88. The Morgan fingerprint density at radius 3 is 1.58 bits per heavy atom. The number of hydrogen-bond donors (Lipinski definition) is 5. The lowest BCUT2D eigenvalue weighted by atomic mass is 9.83. The van der Waals surface area contributed by atoms with Crippen LogP contribution in [-0.4, -0.2) is 206 Å². The van der Waals surface area contributed by atoms with Crippen LogP contribution in [0.5, 0.6) is 0 Å². The van der Waals surface area contributed by atoms with E-state index in [-0.39, 0.29) is 58.6 Å². The lowest BCUT2D eigenvalue weighted by molar-refractivity contribution is -0.293. The SMILES string of the molecule is CC1=NC2C(O1)OC(CO)C(OC(O)C(O)C(CCOCCOCCOCCOCCON=[N+]=[N-])C(O)C(C)CCCOCCOCCOCCOCCON=[N+]=[N-])C2O. The van der Waals surface area contributed by atoms with Crippen molar-refractivity contribution in [1.82, 2.24) is 0 Å². The molecular formula is C35H65N7O18. The Bertz CT molecular complexity index is 1210. The molecule has 0 aromatic heterocycles. The second-order valence-electron chi connectivity index (χ2n) is 13.4. The number of ether oxygens (including phenoxy) is 11. The van der Waals surface area contributed by atoms with Gasteiger partial charge in [-0.05, 0) is 36.2 Å². The fraction of sp³-hybridized carbons (Fsp3) is 0.971. The van der Waals surface area contributed by atoms with Crippen LogP contribution in [0.15, 0.2) is 15.5 Å². The van der Waals surface area contributed by atoms with E-state index in [1.165, 1.54) is 0 Å². The molecule has 2 aliphatic rings. The molecule has 0 bridgehead atoms. The summed E-state index contributed by atoms with van der Waals surface area (Å²) in [5.41, 5.74) is 16.2. The summed E-state index contributed by atoms with van der Waals surface area (Å²) in [5.74, 6) is -0.964. The van der Waals surface area contributed by atoms with Crippen molar-refractivity contribution in [2.75, 3.05) is 126 Å². The number of azide groups is 2. The largest absolute Gasteiger partial charge is 0.450 e. The van der Waals surface area contributed by atoms with Crippen LogP contribution in [0.3, 0.4) is 0 Å². The quantitative estimate of drug-likeness (QED) is 0.0138. The van der Waals surface area contributed by atoms with Gasteiger partial charge in [0, 0.05) is 35.9 Å². The topological polar surface area (TPSA) is 331 Å². The van der Waals surface area contributed by atoms with Crippen molar-refractivity contribution in [3.05, 3.63) is 20.9 Å². The highest BCUT2D eigenvalue weighted by Gasteiger charge is 2.51. The Labute approximate surface area is 349 Å². The Balaban J connectivity index is 1.74. The summed E-state index contributed by atoms with van der Waals surface area (Å²) in [6.45, 7) is 8.27. The average molecular weight is 872 g/mol. The molecule has 25 nitrogen and oxygen atoms in total. The number of aliphatic imine (C=N–C) groups is 1. The van der Waals surface area contributed by atoms with E-state index < -0.39 is 61.7 Å². The van der Waals surface area contributed by atoms with Crippen LogP contribution >= 0.6 is 0 Å². The Kier molecular flexibility index (Phi) is 30.7. The zero-order valence-corrected chi connectivity index (χ0v) is 34.5. The van der Waals surface area contributed by atoms with Crippen molar-refractivity contribution in [2.45, 2.75) is 82.3 Å². The Morgan fingerprint density at radius 1 is 0.667 bits per heavy atom. The van der Waals surface area contributed by atoms with Crippen molar-refractivity contribution in [3.63, 3.8) is 0 Å². The molecule has 5 N–H and O–H groups in total. The molecule has 60 heavy (non-hydrogen) atoms. The molecule has 0 aliphatic carbocycles. The molecule has 348 valence electrons. The summed E-state index contributed by atoms with van der Waals surface area (Å²) in [6, 6.07) is -0.855. The fourth-order valence-corrected chi connectivity index (χ4v) is 6.03. The third-order valence-electron chi connectivity index (χ3n) is 9.09. The zero-order valence-electron chi connectivity index (χ0n) is 34.5. The Hall–Kier alpha value is -2.91. The number of aliphatic hydroxyl groups is 5. The zero-order chi connectivity index (χ0) is 43.6. The van der Waals surface area contributed by atoms with Crippen LogP contribution in [0.25, 0.3) is 20.9 Å². The van der Waals surface area contributed by atoms with Gasteiger partial charge in [-0.15, -0.1) is 0 Å². The first kappa shape index (κ1) is 53.2. The van der Waals surface area contributed by atoms with Crippen molar-refractivity contribution < 1.29 is 87.3 Å². The van der Waals surface area contributed by atoms with Gasteiger partial charge in [-0.2, -0.15) is 0 Å². The highest BCUT2D eigenvalue weighted by Crippen LogP contribution is 2.32.